The van der Waals surface area contributed by atoms with Crippen molar-refractivity contribution in [1.82, 2.24) is 25.0 Å². The van der Waals surface area contributed by atoms with Crippen LogP contribution in [0, 0.1) is 5.92 Å². The summed E-state index contributed by atoms with van der Waals surface area (Å²) in [5.41, 5.74) is 0.677. The zero-order chi connectivity index (χ0) is 11.5. The minimum atomic E-state index is 0.677. The first kappa shape index (κ1) is 10.4. The minimum absolute atomic E-state index is 0.677. The Hall–Kier alpha value is -1.72. The van der Waals surface area contributed by atoms with Crippen molar-refractivity contribution in [1.29, 1.82) is 0 Å². The first-order valence-corrected chi connectivity index (χ1v) is 6.19. The van der Waals surface area contributed by atoms with E-state index in [0.717, 1.165) is 18.3 Å². The molecule has 90 valence electrons. The molecule has 1 saturated carbocycles. The third kappa shape index (κ3) is 2.20. The molecule has 2 heterocycles. The second kappa shape index (κ2) is 4.65. The highest BCUT2D eigenvalue weighted by Crippen LogP contribution is 2.27. The Bertz CT molecular complexity index is 487. The van der Waals surface area contributed by atoms with Crippen LogP contribution in [0.2, 0.25) is 0 Å². The van der Waals surface area contributed by atoms with E-state index in [4.69, 9.17) is 0 Å². The van der Waals surface area contributed by atoms with Crippen molar-refractivity contribution < 1.29 is 0 Å². The van der Waals surface area contributed by atoms with Gasteiger partial charge in [0.2, 0.25) is 0 Å². The molecule has 1 aliphatic rings. The number of tetrazole rings is 1. The number of rotatable bonds is 4. The molecule has 6 nitrogen and oxygen atoms in total. The highest BCUT2D eigenvalue weighted by atomic mass is 15.5. The Morgan fingerprint density at radius 2 is 2.18 bits per heavy atom. The molecule has 0 saturated heterocycles. The summed E-state index contributed by atoms with van der Waals surface area (Å²) in [6, 6.07) is 0. The average Bonchev–Trinajstić information content (AvgIpc) is 2.99. The summed E-state index contributed by atoms with van der Waals surface area (Å²) >= 11 is 0. The Morgan fingerprint density at radius 3 is 3.06 bits per heavy atom. The number of aromatic nitrogens is 5. The lowest BCUT2D eigenvalue weighted by atomic mass is 10.0. The van der Waals surface area contributed by atoms with E-state index in [1.807, 2.05) is 0 Å². The minimum Gasteiger partial charge on any atom is -0.369 e. The number of fused-ring (bicyclic) bond motifs is 1. The first-order valence-electron chi connectivity index (χ1n) is 6.19. The van der Waals surface area contributed by atoms with Crippen molar-refractivity contribution in [2.45, 2.75) is 32.1 Å². The summed E-state index contributed by atoms with van der Waals surface area (Å²) in [7, 11) is 0. The maximum Gasteiger partial charge on any atom is 0.199 e. The average molecular weight is 232 g/mol. The van der Waals surface area contributed by atoms with Crippen LogP contribution in [0.3, 0.4) is 0 Å². The Labute approximate surface area is 99.4 Å². The van der Waals surface area contributed by atoms with Gasteiger partial charge in [-0.25, -0.2) is 0 Å². The number of anilines is 1. The summed E-state index contributed by atoms with van der Waals surface area (Å²) in [6.07, 6.45) is 10.2. The van der Waals surface area contributed by atoms with E-state index in [0.29, 0.717) is 5.65 Å². The monoisotopic (exact) mass is 232 g/mol. The highest BCUT2D eigenvalue weighted by Gasteiger charge is 2.14. The molecule has 0 spiro atoms. The standard InChI is InChI=1S/C11H16N6/c1-2-4-9(3-1)5-6-13-10-7-12-8-11-14-15-16-17(10)11/h7-9,13H,1-6H2. The molecule has 0 atom stereocenters. The highest BCUT2D eigenvalue weighted by molar-refractivity contribution is 5.43. The molecule has 0 aliphatic heterocycles. The van der Waals surface area contributed by atoms with E-state index in [2.05, 4.69) is 25.8 Å². The van der Waals surface area contributed by atoms with Crippen LogP contribution in [0.1, 0.15) is 32.1 Å². The van der Waals surface area contributed by atoms with Crippen LogP contribution in [0.4, 0.5) is 5.82 Å². The van der Waals surface area contributed by atoms with E-state index in [1.165, 1.54) is 32.1 Å². The number of nitrogens with one attached hydrogen (secondary N) is 1. The zero-order valence-electron chi connectivity index (χ0n) is 9.71. The molecule has 0 aromatic carbocycles. The van der Waals surface area contributed by atoms with Gasteiger partial charge in [0.25, 0.3) is 0 Å². The molecule has 1 aliphatic carbocycles. The molecule has 0 bridgehead atoms. The van der Waals surface area contributed by atoms with Crippen LogP contribution in [-0.4, -0.2) is 31.6 Å². The molecule has 2 aromatic rings. The Morgan fingerprint density at radius 1 is 1.29 bits per heavy atom. The van der Waals surface area contributed by atoms with Crippen molar-refractivity contribution in [3.8, 4) is 0 Å². The lowest BCUT2D eigenvalue weighted by Gasteiger charge is -2.10. The predicted molar refractivity (Wildman–Crippen MR) is 63.6 cm³/mol. The fourth-order valence-corrected chi connectivity index (χ4v) is 2.50. The summed E-state index contributed by atoms with van der Waals surface area (Å²) < 4.78 is 1.68. The zero-order valence-corrected chi connectivity index (χ0v) is 9.71. The van der Waals surface area contributed by atoms with E-state index < -0.39 is 0 Å². The van der Waals surface area contributed by atoms with Crippen molar-refractivity contribution >= 4 is 11.5 Å². The lowest BCUT2D eigenvalue weighted by Crippen LogP contribution is -2.10. The van der Waals surface area contributed by atoms with E-state index in [1.54, 1.807) is 16.9 Å². The second-order valence-corrected chi connectivity index (χ2v) is 4.61. The van der Waals surface area contributed by atoms with Gasteiger partial charge in [0.05, 0.1) is 12.4 Å². The number of hydrogen-bond donors (Lipinski definition) is 1. The van der Waals surface area contributed by atoms with E-state index in [-0.39, 0.29) is 0 Å². The van der Waals surface area contributed by atoms with Crippen molar-refractivity contribution in [2.75, 3.05) is 11.9 Å². The van der Waals surface area contributed by atoms with Gasteiger partial charge in [0.1, 0.15) is 5.82 Å². The third-order valence-corrected chi connectivity index (χ3v) is 3.44. The van der Waals surface area contributed by atoms with Crippen LogP contribution in [0.15, 0.2) is 12.4 Å². The van der Waals surface area contributed by atoms with E-state index in [9.17, 15) is 0 Å². The molecular formula is C11H16N6. The predicted octanol–water partition coefficient (Wildman–Crippen LogP) is 1.51. The lowest BCUT2D eigenvalue weighted by molar-refractivity contribution is 0.518. The maximum atomic E-state index is 4.11. The van der Waals surface area contributed by atoms with Gasteiger partial charge in [-0.15, -0.1) is 5.10 Å². The molecule has 0 radical (unpaired) electrons. The van der Waals surface area contributed by atoms with Gasteiger partial charge in [0.15, 0.2) is 5.65 Å². The SMILES string of the molecule is c1ncc2nnnn2c1NCCC1CCCC1. The van der Waals surface area contributed by atoms with Crippen LogP contribution in [0.25, 0.3) is 5.65 Å². The van der Waals surface area contributed by atoms with Gasteiger partial charge < -0.3 is 5.32 Å². The summed E-state index contributed by atoms with van der Waals surface area (Å²) in [5.74, 6) is 1.76. The second-order valence-electron chi connectivity index (χ2n) is 4.61. The van der Waals surface area contributed by atoms with Gasteiger partial charge in [-0.05, 0) is 22.8 Å². The van der Waals surface area contributed by atoms with Crippen molar-refractivity contribution in [3.05, 3.63) is 12.4 Å². The fraction of sp³-hybridized carbons (Fsp3) is 0.636. The summed E-state index contributed by atoms with van der Waals surface area (Å²) in [5, 5.41) is 14.8. The third-order valence-electron chi connectivity index (χ3n) is 3.44. The smallest absolute Gasteiger partial charge is 0.199 e. The number of nitrogens with zero attached hydrogens (tertiary/aromatic N) is 5. The van der Waals surface area contributed by atoms with Gasteiger partial charge >= 0.3 is 0 Å². The van der Waals surface area contributed by atoms with Gasteiger partial charge in [-0.1, -0.05) is 25.7 Å². The van der Waals surface area contributed by atoms with Crippen molar-refractivity contribution in [3.63, 3.8) is 0 Å². The molecule has 0 unspecified atom stereocenters. The van der Waals surface area contributed by atoms with Crippen LogP contribution >= 0.6 is 0 Å². The normalized spacial score (nSPS) is 16.7. The topological polar surface area (TPSA) is 68.0 Å². The molecule has 2 aromatic heterocycles. The van der Waals surface area contributed by atoms with Crippen molar-refractivity contribution in [2.24, 2.45) is 5.92 Å². The first-order chi connectivity index (χ1) is 8.43. The summed E-state index contributed by atoms with van der Waals surface area (Å²) in [4.78, 5) is 4.11. The van der Waals surface area contributed by atoms with Crippen LogP contribution in [-0.2, 0) is 0 Å². The Kier molecular flexibility index (Phi) is 2.85. The molecule has 3 rings (SSSR count). The van der Waals surface area contributed by atoms with Gasteiger partial charge in [0, 0.05) is 6.54 Å². The molecule has 0 amide bonds. The quantitative estimate of drug-likeness (QED) is 0.865. The Balaban J connectivity index is 1.62. The molecule has 1 N–H and O–H groups in total. The largest absolute Gasteiger partial charge is 0.369 e. The molecular weight excluding hydrogens is 216 g/mol. The fourth-order valence-electron chi connectivity index (χ4n) is 2.50. The van der Waals surface area contributed by atoms with E-state index >= 15 is 0 Å². The number of hydrogen-bond acceptors (Lipinski definition) is 5. The molecule has 6 heteroatoms. The van der Waals surface area contributed by atoms with Gasteiger partial charge in [-0.3, -0.25) is 4.98 Å². The molecule has 17 heavy (non-hydrogen) atoms. The summed E-state index contributed by atoms with van der Waals surface area (Å²) in [6.45, 7) is 0.964. The van der Waals surface area contributed by atoms with Crippen LogP contribution < -0.4 is 5.32 Å². The maximum absolute atomic E-state index is 4.11. The van der Waals surface area contributed by atoms with Gasteiger partial charge in [-0.2, -0.15) is 4.52 Å². The molecule has 1 fully saturated rings. The van der Waals surface area contributed by atoms with Crippen LogP contribution in [0.5, 0.6) is 0 Å².